The predicted octanol–water partition coefficient (Wildman–Crippen LogP) is 3.33. The molecule has 0 radical (unpaired) electrons. The van der Waals surface area contributed by atoms with Crippen LogP contribution in [0.25, 0.3) is 0 Å². The molecule has 0 atom stereocenters. The van der Waals surface area contributed by atoms with Gasteiger partial charge in [0.2, 0.25) is 5.91 Å². The van der Waals surface area contributed by atoms with Crippen molar-refractivity contribution in [3.63, 3.8) is 0 Å². The van der Waals surface area contributed by atoms with Crippen LogP contribution in [0.3, 0.4) is 0 Å². The molecule has 1 saturated heterocycles. The van der Waals surface area contributed by atoms with E-state index < -0.39 is 24.3 Å². The monoisotopic (exact) mass is 472 g/mol. The second-order valence-corrected chi connectivity index (χ2v) is 7.22. The van der Waals surface area contributed by atoms with Crippen LogP contribution in [0.2, 0.25) is 0 Å². The Labute approximate surface area is 179 Å². The molecule has 7 nitrogen and oxygen atoms in total. The molecule has 1 fully saturated rings. The van der Waals surface area contributed by atoms with Crippen molar-refractivity contribution >= 4 is 23.5 Å². The Morgan fingerprint density at radius 3 is 1.75 bits per heavy atom. The zero-order chi connectivity index (χ0) is 24.9. The lowest BCUT2D eigenvalue weighted by Crippen LogP contribution is -2.48. The number of rotatable bonds is 1. The van der Waals surface area contributed by atoms with Gasteiger partial charge in [-0.3, -0.25) is 4.79 Å². The fourth-order valence-electron chi connectivity index (χ4n) is 3.39. The lowest BCUT2D eigenvalue weighted by atomic mass is 9.74. The van der Waals surface area contributed by atoms with E-state index in [1.165, 1.54) is 5.56 Å². The Bertz CT molecular complexity index is 808. The molecule has 0 saturated carbocycles. The first-order valence-electron chi connectivity index (χ1n) is 9.30. The summed E-state index contributed by atoms with van der Waals surface area (Å²) >= 11 is 0. The Hall–Kier alpha value is -2.83. The Morgan fingerprint density at radius 2 is 1.38 bits per heavy atom. The molecule has 1 aromatic carbocycles. The zero-order valence-electron chi connectivity index (χ0n) is 17.0. The highest BCUT2D eigenvalue weighted by atomic mass is 19.4. The van der Waals surface area contributed by atoms with Crippen LogP contribution in [-0.2, 0) is 19.8 Å². The van der Waals surface area contributed by atoms with E-state index >= 15 is 0 Å². The van der Waals surface area contributed by atoms with Crippen molar-refractivity contribution in [2.24, 2.45) is 0 Å². The van der Waals surface area contributed by atoms with Crippen molar-refractivity contribution in [1.29, 1.82) is 0 Å². The lowest BCUT2D eigenvalue weighted by molar-refractivity contribution is -0.193. The highest BCUT2D eigenvalue weighted by Crippen LogP contribution is 2.47. The summed E-state index contributed by atoms with van der Waals surface area (Å²) in [5.74, 6) is -5.21. The summed E-state index contributed by atoms with van der Waals surface area (Å²) in [6, 6.07) is 8.54. The van der Waals surface area contributed by atoms with E-state index in [2.05, 4.69) is 37.4 Å². The van der Waals surface area contributed by atoms with Crippen molar-refractivity contribution in [2.75, 3.05) is 18.0 Å². The highest BCUT2D eigenvalue weighted by Gasteiger charge is 2.51. The number of alkyl halides is 6. The van der Waals surface area contributed by atoms with Gasteiger partial charge in [0.1, 0.15) is 0 Å². The van der Waals surface area contributed by atoms with Gasteiger partial charge in [-0.2, -0.15) is 26.3 Å². The summed E-state index contributed by atoms with van der Waals surface area (Å²) in [6.45, 7) is 6.06. The number of anilines is 1. The number of carbonyl (C=O) groups excluding carboxylic acids is 1. The summed E-state index contributed by atoms with van der Waals surface area (Å²) in [7, 11) is 0. The maximum atomic E-state index is 12.9. The molecule has 1 spiro atoms. The molecule has 13 heteroatoms. The first-order chi connectivity index (χ1) is 14.6. The summed E-state index contributed by atoms with van der Waals surface area (Å²) < 4.78 is 63.5. The molecule has 2 heterocycles. The molecule has 180 valence electrons. The molecule has 3 rings (SSSR count). The SMILES string of the molecule is CC(C)N1C(=O)C2(CCNCC2)c2ccccc21.O=C(O)C(F)(F)F.O=C(O)C(F)(F)F. The first-order valence-corrected chi connectivity index (χ1v) is 9.30. The summed E-state index contributed by atoms with van der Waals surface area (Å²) in [6.07, 6.45) is -8.32. The maximum absolute atomic E-state index is 12.9. The number of fused-ring (bicyclic) bond motifs is 2. The number of halogens is 6. The van der Waals surface area contributed by atoms with E-state index in [0.717, 1.165) is 31.6 Å². The number of piperidine rings is 1. The molecular weight excluding hydrogens is 450 g/mol. The van der Waals surface area contributed by atoms with Gasteiger partial charge in [-0.05, 0) is 51.4 Å². The summed E-state index contributed by atoms with van der Waals surface area (Å²) in [4.78, 5) is 32.7. The van der Waals surface area contributed by atoms with Crippen LogP contribution < -0.4 is 10.2 Å². The third kappa shape index (κ3) is 6.34. The third-order valence-electron chi connectivity index (χ3n) is 4.77. The summed E-state index contributed by atoms with van der Waals surface area (Å²) in [5.41, 5.74) is 2.11. The number of carboxylic acids is 2. The number of hydrogen-bond acceptors (Lipinski definition) is 4. The normalized spacial score (nSPS) is 17.2. The van der Waals surface area contributed by atoms with Crippen LogP contribution in [0.5, 0.6) is 0 Å². The molecule has 1 amide bonds. The zero-order valence-corrected chi connectivity index (χ0v) is 17.0. The predicted molar refractivity (Wildman–Crippen MR) is 100 cm³/mol. The van der Waals surface area contributed by atoms with Gasteiger partial charge in [0.25, 0.3) is 0 Å². The number of amides is 1. The molecule has 3 N–H and O–H groups in total. The van der Waals surface area contributed by atoms with Gasteiger partial charge in [0.15, 0.2) is 0 Å². The fourth-order valence-corrected chi connectivity index (χ4v) is 3.39. The smallest absolute Gasteiger partial charge is 0.475 e. The van der Waals surface area contributed by atoms with Crippen molar-refractivity contribution in [2.45, 2.75) is 50.5 Å². The minimum atomic E-state index is -5.08. The van der Waals surface area contributed by atoms with Crippen molar-refractivity contribution in [3.05, 3.63) is 29.8 Å². The number of carbonyl (C=O) groups is 3. The molecular formula is C19H22F6N2O5. The van der Waals surface area contributed by atoms with Crippen LogP contribution >= 0.6 is 0 Å². The average Bonchev–Trinajstić information content (AvgIpc) is 2.90. The van der Waals surface area contributed by atoms with E-state index in [-0.39, 0.29) is 11.5 Å². The minimum absolute atomic E-state index is 0.230. The largest absolute Gasteiger partial charge is 0.490 e. The van der Waals surface area contributed by atoms with Crippen LogP contribution in [0.1, 0.15) is 32.3 Å². The molecule has 0 aliphatic carbocycles. The molecule has 2 aliphatic rings. The van der Waals surface area contributed by atoms with E-state index in [0.29, 0.717) is 5.91 Å². The Balaban J connectivity index is 0.000000305. The fraction of sp³-hybridized carbons (Fsp3) is 0.526. The average molecular weight is 472 g/mol. The van der Waals surface area contributed by atoms with Gasteiger partial charge in [-0.15, -0.1) is 0 Å². The second-order valence-electron chi connectivity index (χ2n) is 7.22. The molecule has 0 unspecified atom stereocenters. The molecule has 0 aromatic heterocycles. The number of carboxylic acid groups (broad SMARTS) is 2. The van der Waals surface area contributed by atoms with Crippen molar-refractivity contribution in [3.8, 4) is 0 Å². The number of benzene rings is 1. The van der Waals surface area contributed by atoms with E-state index in [9.17, 15) is 31.1 Å². The van der Waals surface area contributed by atoms with Gasteiger partial charge < -0.3 is 20.4 Å². The van der Waals surface area contributed by atoms with Crippen LogP contribution in [0.4, 0.5) is 32.0 Å². The number of aliphatic carboxylic acids is 2. The first kappa shape index (κ1) is 27.2. The van der Waals surface area contributed by atoms with Crippen LogP contribution in [-0.4, -0.2) is 59.5 Å². The number of nitrogens with one attached hydrogen (secondary N) is 1. The molecule has 2 aliphatic heterocycles. The number of para-hydroxylation sites is 1. The minimum Gasteiger partial charge on any atom is -0.475 e. The standard InChI is InChI=1S/C15H20N2O.2C2HF3O2/c1-11(2)17-13-6-4-3-5-12(13)15(14(17)18)7-9-16-10-8-15;2*3-2(4,5)1(6)7/h3-6,11,16H,7-10H2,1-2H3;2*(H,6,7). The second kappa shape index (κ2) is 10.2. The van der Waals surface area contributed by atoms with Gasteiger partial charge >= 0.3 is 24.3 Å². The lowest BCUT2D eigenvalue weighted by Gasteiger charge is -2.33. The Kier molecular flexibility index (Phi) is 8.66. The quantitative estimate of drug-likeness (QED) is 0.542. The topological polar surface area (TPSA) is 107 Å². The van der Waals surface area contributed by atoms with Crippen LogP contribution in [0.15, 0.2) is 24.3 Å². The maximum Gasteiger partial charge on any atom is 0.490 e. The third-order valence-corrected chi connectivity index (χ3v) is 4.77. The van der Waals surface area contributed by atoms with Gasteiger partial charge in [-0.25, -0.2) is 9.59 Å². The summed E-state index contributed by atoms with van der Waals surface area (Å²) in [5, 5.41) is 17.6. The van der Waals surface area contributed by atoms with Crippen molar-refractivity contribution in [1.82, 2.24) is 5.32 Å². The van der Waals surface area contributed by atoms with Crippen LogP contribution in [0, 0.1) is 0 Å². The van der Waals surface area contributed by atoms with E-state index in [4.69, 9.17) is 19.8 Å². The molecule has 1 aromatic rings. The van der Waals surface area contributed by atoms with E-state index in [1.54, 1.807) is 0 Å². The van der Waals surface area contributed by atoms with Crippen molar-refractivity contribution < 1.29 is 50.9 Å². The molecule has 0 bridgehead atoms. The number of nitrogens with zero attached hydrogens (tertiary/aromatic N) is 1. The van der Waals surface area contributed by atoms with Gasteiger partial charge in [0.05, 0.1) is 5.41 Å². The number of hydrogen-bond donors (Lipinski definition) is 3. The molecule has 32 heavy (non-hydrogen) atoms. The van der Waals surface area contributed by atoms with Gasteiger partial charge in [-0.1, -0.05) is 18.2 Å². The highest BCUT2D eigenvalue weighted by molar-refractivity contribution is 6.08. The Morgan fingerprint density at radius 1 is 0.969 bits per heavy atom. The van der Waals surface area contributed by atoms with E-state index in [1.807, 2.05) is 11.0 Å². The van der Waals surface area contributed by atoms with Gasteiger partial charge in [0, 0.05) is 11.7 Å².